The second-order valence-electron chi connectivity index (χ2n) is 8.36. The molecular weight excluding hydrogens is 498 g/mol. The zero-order valence-electron chi connectivity index (χ0n) is 19.1. The lowest BCUT2D eigenvalue weighted by molar-refractivity contribution is 0.141. The Morgan fingerprint density at radius 3 is 2.18 bits per heavy atom. The Kier molecular flexibility index (Phi) is 10.1. The number of rotatable bonds is 11. The van der Waals surface area contributed by atoms with E-state index in [0.29, 0.717) is 37.7 Å². The van der Waals surface area contributed by atoms with E-state index in [0.717, 1.165) is 61.8 Å². The van der Waals surface area contributed by atoms with Gasteiger partial charge in [0.05, 0.1) is 32.4 Å². The highest BCUT2D eigenvalue weighted by Gasteiger charge is 2.19. The summed E-state index contributed by atoms with van der Waals surface area (Å²) in [6, 6.07) is 10.8. The van der Waals surface area contributed by atoms with Gasteiger partial charge in [0, 0.05) is 22.5 Å². The van der Waals surface area contributed by atoms with Gasteiger partial charge in [-0.15, -0.1) is 0 Å². The Balaban J connectivity index is 1.97. The lowest BCUT2D eigenvalue weighted by Crippen LogP contribution is -2.28. The average molecular weight is 528 g/mol. The van der Waals surface area contributed by atoms with E-state index in [1.807, 2.05) is 18.2 Å². The Morgan fingerprint density at radius 2 is 1.55 bits per heavy atom. The zero-order chi connectivity index (χ0) is 24.0. The van der Waals surface area contributed by atoms with Crippen LogP contribution in [-0.2, 0) is 0 Å². The molecule has 0 radical (unpaired) electrons. The van der Waals surface area contributed by atoms with Crippen LogP contribution in [0, 0.1) is 0 Å². The van der Waals surface area contributed by atoms with E-state index in [9.17, 15) is 5.11 Å². The van der Waals surface area contributed by atoms with Gasteiger partial charge in [-0.2, -0.15) is 0 Å². The summed E-state index contributed by atoms with van der Waals surface area (Å²) in [4.78, 5) is 7.21. The van der Waals surface area contributed by atoms with Crippen LogP contribution in [0.2, 0.25) is 20.1 Å². The molecule has 33 heavy (non-hydrogen) atoms. The van der Waals surface area contributed by atoms with Crippen molar-refractivity contribution < 1.29 is 5.11 Å². The van der Waals surface area contributed by atoms with Gasteiger partial charge in [0.15, 0.2) is 0 Å². The molecule has 0 bridgehead atoms. The van der Waals surface area contributed by atoms with Crippen molar-refractivity contribution in [3.63, 3.8) is 0 Å². The molecule has 0 aliphatic rings. The van der Waals surface area contributed by atoms with Gasteiger partial charge in [0.1, 0.15) is 0 Å². The third kappa shape index (κ3) is 6.97. The first-order chi connectivity index (χ1) is 15.8. The Bertz CT molecular complexity index is 1080. The van der Waals surface area contributed by atoms with Gasteiger partial charge in [-0.05, 0) is 68.2 Å². The molecule has 0 spiro atoms. The van der Waals surface area contributed by atoms with Crippen LogP contribution in [0.3, 0.4) is 0 Å². The summed E-state index contributed by atoms with van der Waals surface area (Å²) < 4.78 is 0. The fourth-order valence-electron chi connectivity index (χ4n) is 3.92. The van der Waals surface area contributed by atoms with Gasteiger partial charge >= 0.3 is 0 Å². The van der Waals surface area contributed by atoms with Crippen LogP contribution in [0.5, 0.6) is 0 Å². The molecule has 3 rings (SSSR count). The molecular formula is C26H30Cl4N2O. The van der Waals surface area contributed by atoms with Crippen LogP contribution >= 0.6 is 46.4 Å². The molecule has 0 amide bonds. The van der Waals surface area contributed by atoms with E-state index >= 15 is 0 Å². The summed E-state index contributed by atoms with van der Waals surface area (Å²) in [5, 5.41) is 13.9. The van der Waals surface area contributed by atoms with Gasteiger partial charge in [-0.25, -0.2) is 4.98 Å². The number of nitrogens with zero attached hydrogens (tertiary/aromatic N) is 2. The molecule has 0 fully saturated rings. The minimum atomic E-state index is -0.683. The van der Waals surface area contributed by atoms with E-state index in [1.54, 1.807) is 18.2 Å². The maximum Gasteiger partial charge on any atom is 0.0900 e. The number of hydrogen-bond donors (Lipinski definition) is 1. The normalized spacial score (nSPS) is 12.6. The van der Waals surface area contributed by atoms with E-state index in [2.05, 4.69) is 18.7 Å². The summed E-state index contributed by atoms with van der Waals surface area (Å²) in [6.45, 7) is 7.32. The minimum absolute atomic E-state index is 0.445. The zero-order valence-corrected chi connectivity index (χ0v) is 22.1. The van der Waals surface area contributed by atoms with Crippen molar-refractivity contribution in [2.24, 2.45) is 0 Å². The molecule has 3 nitrogen and oxygen atoms in total. The maximum absolute atomic E-state index is 11.3. The molecule has 2 aromatic carbocycles. The fraction of sp³-hybridized carbons (Fsp3) is 0.423. The molecule has 0 saturated carbocycles. The lowest BCUT2D eigenvalue weighted by Gasteiger charge is -2.24. The predicted molar refractivity (Wildman–Crippen MR) is 143 cm³/mol. The van der Waals surface area contributed by atoms with E-state index in [1.165, 1.54) is 0 Å². The van der Waals surface area contributed by atoms with Crippen molar-refractivity contribution in [2.75, 3.05) is 19.6 Å². The smallest absolute Gasteiger partial charge is 0.0900 e. The monoisotopic (exact) mass is 526 g/mol. The number of halogens is 4. The van der Waals surface area contributed by atoms with Gasteiger partial charge in [0.25, 0.3) is 0 Å². The van der Waals surface area contributed by atoms with Crippen molar-refractivity contribution >= 4 is 57.3 Å². The molecule has 1 atom stereocenters. The molecule has 3 aromatic rings. The number of fused-ring (bicyclic) bond motifs is 1. The number of pyridine rings is 1. The standard InChI is InChI=1S/C26H30Cl4N2O/c1-3-5-10-32(11-6-4-2)12-9-25(33)19-16-24(17-7-8-21(28)22(29)13-17)31-26-20(19)14-18(27)15-23(26)30/h7-8,13-16,25,33H,3-6,9-12H2,1-2H3/t25-/m1/s1. The third-order valence-corrected chi connectivity index (χ3v) is 7.06. The maximum atomic E-state index is 11.3. The van der Waals surface area contributed by atoms with Crippen LogP contribution in [0.4, 0.5) is 0 Å². The first-order valence-electron chi connectivity index (χ1n) is 11.5. The molecule has 1 heterocycles. The fourth-order valence-corrected chi connectivity index (χ4v) is 4.75. The summed E-state index contributed by atoms with van der Waals surface area (Å²) in [7, 11) is 0. The van der Waals surface area contributed by atoms with E-state index < -0.39 is 6.10 Å². The molecule has 0 aliphatic heterocycles. The van der Waals surface area contributed by atoms with Crippen LogP contribution in [0.1, 0.15) is 57.6 Å². The highest BCUT2D eigenvalue weighted by molar-refractivity contribution is 6.42. The molecule has 0 saturated heterocycles. The molecule has 0 aliphatic carbocycles. The Hall–Kier alpha value is -1.07. The number of benzene rings is 2. The van der Waals surface area contributed by atoms with Crippen molar-refractivity contribution in [2.45, 2.75) is 52.1 Å². The topological polar surface area (TPSA) is 36.4 Å². The van der Waals surface area contributed by atoms with Gasteiger partial charge in [0.2, 0.25) is 0 Å². The number of hydrogen-bond acceptors (Lipinski definition) is 3. The SMILES string of the molecule is CCCCN(CCCC)CC[C@@H](O)c1cc(-c2ccc(Cl)c(Cl)c2)nc2c(Cl)cc(Cl)cc12. The molecule has 178 valence electrons. The van der Waals surface area contributed by atoms with Crippen LogP contribution in [0.25, 0.3) is 22.2 Å². The first kappa shape index (κ1) is 26.5. The number of unbranched alkanes of at least 4 members (excludes halogenated alkanes) is 2. The van der Waals surface area contributed by atoms with Crippen molar-refractivity contribution in [3.8, 4) is 11.3 Å². The Morgan fingerprint density at radius 1 is 0.848 bits per heavy atom. The van der Waals surface area contributed by atoms with E-state index in [4.69, 9.17) is 51.4 Å². The quantitative estimate of drug-likeness (QED) is 0.270. The molecule has 0 unspecified atom stereocenters. The molecule has 1 aromatic heterocycles. The summed E-state index contributed by atoms with van der Waals surface area (Å²) in [6.07, 6.45) is 4.55. The van der Waals surface area contributed by atoms with Crippen LogP contribution in [-0.4, -0.2) is 34.6 Å². The van der Waals surface area contributed by atoms with Crippen LogP contribution in [0.15, 0.2) is 36.4 Å². The summed E-state index contributed by atoms with van der Waals surface area (Å²) >= 11 is 25.2. The highest BCUT2D eigenvalue weighted by Crippen LogP contribution is 2.36. The van der Waals surface area contributed by atoms with Crippen LogP contribution < -0.4 is 0 Å². The van der Waals surface area contributed by atoms with Gasteiger partial charge in [-0.3, -0.25) is 0 Å². The van der Waals surface area contributed by atoms with Gasteiger partial charge < -0.3 is 10.0 Å². The third-order valence-electron chi connectivity index (χ3n) is 5.81. The summed E-state index contributed by atoms with van der Waals surface area (Å²) in [5.41, 5.74) is 2.84. The second kappa shape index (κ2) is 12.6. The first-order valence-corrected chi connectivity index (χ1v) is 13.0. The highest BCUT2D eigenvalue weighted by atomic mass is 35.5. The number of aromatic nitrogens is 1. The summed E-state index contributed by atoms with van der Waals surface area (Å²) in [5.74, 6) is 0. The average Bonchev–Trinajstić information content (AvgIpc) is 2.79. The number of aliphatic hydroxyl groups is 1. The van der Waals surface area contributed by atoms with Crippen molar-refractivity contribution in [1.29, 1.82) is 0 Å². The molecule has 1 N–H and O–H groups in total. The predicted octanol–water partition coefficient (Wildman–Crippen LogP) is 8.84. The van der Waals surface area contributed by atoms with E-state index in [-0.39, 0.29) is 0 Å². The Labute approximate surface area is 216 Å². The van der Waals surface area contributed by atoms with Gasteiger partial charge in [-0.1, -0.05) is 79.2 Å². The largest absolute Gasteiger partial charge is 0.388 e. The molecule has 7 heteroatoms. The van der Waals surface area contributed by atoms with Crippen molar-refractivity contribution in [1.82, 2.24) is 9.88 Å². The van der Waals surface area contributed by atoms with Crippen molar-refractivity contribution in [3.05, 3.63) is 62.1 Å². The minimum Gasteiger partial charge on any atom is -0.388 e. The number of aliphatic hydroxyl groups excluding tert-OH is 1. The second-order valence-corrected chi connectivity index (χ2v) is 10.0. The lowest BCUT2D eigenvalue weighted by atomic mass is 9.98.